The first-order valence-corrected chi connectivity index (χ1v) is 9.69. The number of nitrogens with zero attached hydrogens (tertiary/aromatic N) is 2. The van der Waals surface area contributed by atoms with Crippen LogP contribution in [0.5, 0.6) is 0 Å². The summed E-state index contributed by atoms with van der Waals surface area (Å²) >= 11 is 0. The van der Waals surface area contributed by atoms with Gasteiger partial charge in [-0.15, -0.1) is 0 Å². The maximum absolute atomic E-state index is 12.3. The van der Waals surface area contributed by atoms with E-state index in [-0.39, 0.29) is 17.8 Å². The molecule has 5 heteroatoms. The number of Topliss-reactive ketones (excluding diaryl/α,β-unsaturated/α-hetero) is 1. The molecule has 2 aromatic rings. The lowest BCUT2D eigenvalue weighted by molar-refractivity contribution is 0.0292. The summed E-state index contributed by atoms with van der Waals surface area (Å²) in [7, 11) is 0. The van der Waals surface area contributed by atoms with Crippen molar-refractivity contribution in [1.82, 2.24) is 9.88 Å². The zero-order valence-corrected chi connectivity index (χ0v) is 17.3. The Bertz CT molecular complexity index is 899. The number of amides is 1. The number of hydrogen-bond donors (Lipinski definition) is 0. The van der Waals surface area contributed by atoms with Crippen LogP contribution < -0.4 is 0 Å². The fourth-order valence-corrected chi connectivity index (χ4v) is 3.52. The number of ether oxygens (including phenoxy) is 1. The van der Waals surface area contributed by atoms with Gasteiger partial charge in [-0.05, 0) is 82.5 Å². The summed E-state index contributed by atoms with van der Waals surface area (Å²) in [6, 6.07) is 9.91. The van der Waals surface area contributed by atoms with E-state index in [0.717, 1.165) is 28.8 Å². The van der Waals surface area contributed by atoms with Gasteiger partial charge in [0.1, 0.15) is 5.60 Å². The molecule has 1 aliphatic rings. The topological polar surface area (TPSA) is 59.5 Å². The lowest BCUT2D eigenvalue weighted by Crippen LogP contribution is -2.35. The Labute approximate surface area is 166 Å². The molecule has 0 aliphatic carbocycles. The average molecular weight is 380 g/mol. The standard InChI is InChI=1S/C23H28N2O3/c1-15-10-19(16(2)26)12-20(11-15)21-13-17(6-8-24-21)18-7-9-25(14-18)22(27)28-23(3,4)5/h6,8,10-13,18H,7,9,14H2,1-5H3. The van der Waals surface area contributed by atoms with Crippen molar-refractivity contribution >= 4 is 11.9 Å². The van der Waals surface area contributed by atoms with Gasteiger partial charge in [-0.2, -0.15) is 0 Å². The lowest BCUT2D eigenvalue weighted by atomic mass is 9.96. The molecule has 0 N–H and O–H groups in total. The third-order valence-electron chi connectivity index (χ3n) is 4.87. The molecular formula is C23H28N2O3. The predicted molar refractivity (Wildman–Crippen MR) is 110 cm³/mol. The Kier molecular flexibility index (Phi) is 5.54. The molecule has 1 fully saturated rings. The minimum absolute atomic E-state index is 0.0462. The predicted octanol–water partition coefficient (Wildman–Crippen LogP) is 4.98. The molecule has 3 rings (SSSR count). The van der Waals surface area contributed by atoms with Crippen LogP contribution in [0.3, 0.4) is 0 Å². The Morgan fingerprint density at radius 2 is 1.93 bits per heavy atom. The normalized spacial score (nSPS) is 16.9. The van der Waals surface area contributed by atoms with Gasteiger partial charge in [0.2, 0.25) is 0 Å². The van der Waals surface area contributed by atoms with E-state index in [9.17, 15) is 9.59 Å². The van der Waals surface area contributed by atoms with Crippen LogP contribution in [-0.4, -0.2) is 40.5 Å². The number of aromatic nitrogens is 1. The molecule has 1 unspecified atom stereocenters. The molecule has 148 valence electrons. The highest BCUT2D eigenvalue weighted by Crippen LogP contribution is 2.30. The lowest BCUT2D eigenvalue weighted by Gasteiger charge is -2.24. The van der Waals surface area contributed by atoms with Crippen LogP contribution in [0.2, 0.25) is 0 Å². The second kappa shape index (κ2) is 7.74. The molecule has 1 aliphatic heterocycles. The first-order valence-electron chi connectivity index (χ1n) is 9.69. The summed E-state index contributed by atoms with van der Waals surface area (Å²) in [5.41, 5.74) is 4.18. The molecule has 1 saturated heterocycles. The molecule has 0 spiro atoms. The number of rotatable bonds is 3. The van der Waals surface area contributed by atoms with E-state index < -0.39 is 5.60 Å². The maximum atomic E-state index is 12.3. The summed E-state index contributed by atoms with van der Waals surface area (Å²) < 4.78 is 5.49. The first kappa shape index (κ1) is 20.1. The zero-order valence-electron chi connectivity index (χ0n) is 17.3. The van der Waals surface area contributed by atoms with Gasteiger partial charge in [-0.25, -0.2) is 4.79 Å². The highest BCUT2D eigenvalue weighted by molar-refractivity contribution is 5.95. The largest absolute Gasteiger partial charge is 0.444 e. The van der Waals surface area contributed by atoms with Gasteiger partial charge in [-0.1, -0.05) is 0 Å². The minimum atomic E-state index is -0.488. The van der Waals surface area contributed by atoms with E-state index in [0.29, 0.717) is 18.7 Å². The van der Waals surface area contributed by atoms with E-state index in [4.69, 9.17) is 4.74 Å². The first-order chi connectivity index (χ1) is 13.1. The molecule has 1 atom stereocenters. The van der Waals surface area contributed by atoms with Crippen LogP contribution in [-0.2, 0) is 4.74 Å². The van der Waals surface area contributed by atoms with Crippen LogP contribution in [0.1, 0.15) is 61.5 Å². The quantitative estimate of drug-likeness (QED) is 0.704. The fraction of sp³-hybridized carbons (Fsp3) is 0.435. The van der Waals surface area contributed by atoms with Gasteiger partial charge in [0.25, 0.3) is 0 Å². The smallest absolute Gasteiger partial charge is 0.410 e. The summed E-state index contributed by atoms with van der Waals surface area (Å²) in [4.78, 5) is 30.4. The third-order valence-corrected chi connectivity index (χ3v) is 4.87. The molecular weight excluding hydrogens is 352 g/mol. The Morgan fingerprint density at radius 3 is 2.61 bits per heavy atom. The molecule has 5 nitrogen and oxygen atoms in total. The second-order valence-corrected chi connectivity index (χ2v) is 8.53. The Morgan fingerprint density at radius 1 is 1.18 bits per heavy atom. The van der Waals surface area contributed by atoms with Crippen LogP contribution in [0, 0.1) is 6.92 Å². The zero-order chi connectivity index (χ0) is 20.5. The summed E-state index contributed by atoms with van der Waals surface area (Å²) in [6.07, 6.45) is 2.44. The molecule has 1 aromatic carbocycles. The van der Waals surface area contributed by atoms with E-state index in [1.54, 1.807) is 18.0 Å². The molecule has 0 saturated carbocycles. The van der Waals surface area contributed by atoms with E-state index >= 15 is 0 Å². The van der Waals surface area contributed by atoms with Crippen LogP contribution in [0.4, 0.5) is 4.79 Å². The average Bonchev–Trinajstić information content (AvgIpc) is 3.10. The van der Waals surface area contributed by atoms with Crippen LogP contribution in [0.15, 0.2) is 36.5 Å². The number of ketones is 1. The van der Waals surface area contributed by atoms with Gasteiger partial charge >= 0.3 is 6.09 Å². The highest BCUT2D eigenvalue weighted by Gasteiger charge is 2.30. The molecule has 2 heterocycles. The van der Waals surface area contributed by atoms with Crippen molar-refractivity contribution in [2.75, 3.05) is 13.1 Å². The van der Waals surface area contributed by atoms with Gasteiger partial charge < -0.3 is 9.64 Å². The van der Waals surface area contributed by atoms with E-state index in [1.165, 1.54) is 0 Å². The number of benzene rings is 1. The maximum Gasteiger partial charge on any atom is 0.410 e. The molecule has 0 bridgehead atoms. The molecule has 1 aromatic heterocycles. The van der Waals surface area contributed by atoms with Gasteiger partial charge in [-0.3, -0.25) is 9.78 Å². The number of aryl methyl sites for hydroxylation is 1. The summed E-state index contributed by atoms with van der Waals surface area (Å²) in [6.45, 7) is 10.5. The highest BCUT2D eigenvalue weighted by atomic mass is 16.6. The van der Waals surface area contributed by atoms with Crippen molar-refractivity contribution in [2.24, 2.45) is 0 Å². The van der Waals surface area contributed by atoms with Crippen molar-refractivity contribution < 1.29 is 14.3 Å². The monoisotopic (exact) mass is 380 g/mol. The molecule has 28 heavy (non-hydrogen) atoms. The van der Waals surface area contributed by atoms with Crippen molar-refractivity contribution in [3.63, 3.8) is 0 Å². The van der Waals surface area contributed by atoms with E-state index in [1.807, 2.05) is 52.0 Å². The number of carbonyl (C=O) groups is 2. The number of carbonyl (C=O) groups excluding carboxylic acids is 2. The van der Waals surface area contributed by atoms with Gasteiger partial charge in [0.05, 0.1) is 5.69 Å². The minimum Gasteiger partial charge on any atom is -0.444 e. The summed E-state index contributed by atoms with van der Waals surface area (Å²) in [5.74, 6) is 0.302. The number of hydrogen-bond acceptors (Lipinski definition) is 4. The van der Waals surface area contributed by atoms with Gasteiger partial charge in [0, 0.05) is 36.3 Å². The Hall–Kier alpha value is -2.69. The van der Waals surface area contributed by atoms with Crippen molar-refractivity contribution in [3.05, 3.63) is 53.2 Å². The molecule has 0 radical (unpaired) electrons. The second-order valence-electron chi connectivity index (χ2n) is 8.53. The third kappa shape index (κ3) is 4.77. The number of pyridine rings is 1. The van der Waals surface area contributed by atoms with Crippen molar-refractivity contribution in [1.29, 1.82) is 0 Å². The number of likely N-dealkylation sites (tertiary alicyclic amines) is 1. The van der Waals surface area contributed by atoms with Crippen molar-refractivity contribution in [3.8, 4) is 11.3 Å². The fourth-order valence-electron chi connectivity index (χ4n) is 3.52. The van der Waals surface area contributed by atoms with Crippen molar-refractivity contribution in [2.45, 2.75) is 52.6 Å². The molecule has 1 amide bonds. The summed E-state index contributed by atoms with van der Waals surface area (Å²) in [5, 5.41) is 0. The van der Waals surface area contributed by atoms with Crippen LogP contribution >= 0.6 is 0 Å². The Balaban J connectivity index is 1.80. The SMILES string of the molecule is CC(=O)c1cc(C)cc(-c2cc(C3CCN(C(=O)OC(C)(C)C)C3)ccn2)c1. The van der Waals surface area contributed by atoms with Crippen LogP contribution in [0.25, 0.3) is 11.3 Å². The van der Waals surface area contributed by atoms with Gasteiger partial charge in [0.15, 0.2) is 5.78 Å². The van der Waals surface area contributed by atoms with E-state index in [2.05, 4.69) is 11.1 Å².